The lowest BCUT2D eigenvalue weighted by atomic mass is 10.3. The van der Waals surface area contributed by atoms with Gasteiger partial charge in [-0.3, -0.25) is 10.1 Å². The first-order valence-corrected chi connectivity index (χ1v) is 8.83. The monoisotopic (exact) mass is 379 g/mol. The van der Waals surface area contributed by atoms with Crippen LogP contribution in [-0.4, -0.2) is 22.4 Å². The molecular formula is C15H21N7O3S. The van der Waals surface area contributed by atoms with Gasteiger partial charge in [-0.15, -0.1) is 11.3 Å². The van der Waals surface area contributed by atoms with Crippen molar-refractivity contribution in [2.24, 2.45) is 16.5 Å². The molecule has 11 heteroatoms. The zero-order valence-corrected chi connectivity index (χ0v) is 15.1. The van der Waals surface area contributed by atoms with E-state index in [-0.39, 0.29) is 5.96 Å². The number of guanidine groups is 1. The zero-order valence-electron chi connectivity index (χ0n) is 14.3. The van der Waals surface area contributed by atoms with Crippen molar-refractivity contribution in [3.8, 4) is 11.5 Å². The Kier molecular flexibility index (Phi) is 6.97. The highest BCUT2D eigenvalue weighted by Gasteiger charge is 2.10. The second kappa shape index (κ2) is 9.42. The lowest BCUT2D eigenvalue weighted by Crippen LogP contribution is -2.27. The van der Waals surface area contributed by atoms with Gasteiger partial charge in [0.25, 0.3) is 6.20 Å². The van der Waals surface area contributed by atoms with Crippen LogP contribution in [0.15, 0.2) is 38.9 Å². The summed E-state index contributed by atoms with van der Waals surface area (Å²) in [4.78, 5) is 18.4. The zero-order chi connectivity index (χ0) is 18.9. The summed E-state index contributed by atoms with van der Waals surface area (Å²) in [5, 5.41) is 18.9. The van der Waals surface area contributed by atoms with Crippen molar-refractivity contribution >= 4 is 22.4 Å². The van der Waals surface area contributed by atoms with Crippen LogP contribution in [0.2, 0.25) is 0 Å². The van der Waals surface area contributed by atoms with Gasteiger partial charge >= 0.3 is 0 Å². The minimum Gasteiger partial charge on any atom is -0.458 e. The molecule has 0 atom stereocenters. The predicted molar refractivity (Wildman–Crippen MR) is 100 cm³/mol. The SMILES string of the molecule is CCCCN/C(=C/[N+](=O)[O-])NCc1ccc(-c2csc(N=C(N)N)n2)o1. The Morgan fingerprint density at radius 3 is 2.96 bits per heavy atom. The van der Waals surface area contributed by atoms with Gasteiger partial charge in [-0.25, -0.2) is 4.98 Å². The van der Waals surface area contributed by atoms with Gasteiger partial charge in [0.1, 0.15) is 11.5 Å². The van der Waals surface area contributed by atoms with Crippen LogP contribution in [0, 0.1) is 10.1 Å². The smallest absolute Gasteiger partial charge is 0.274 e. The minimum atomic E-state index is -0.505. The van der Waals surface area contributed by atoms with Crippen molar-refractivity contribution in [2.45, 2.75) is 26.3 Å². The summed E-state index contributed by atoms with van der Waals surface area (Å²) in [6.45, 7) is 3.00. The summed E-state index contributed by atoms with van der Waals surface area (Å²) in [5.74, 6) is 1.46. The number of rotatable bonds is 10. The third kappa shape index (κ3) is 6.09. The van der Waals surface area contributed by atoms with Crippen LogP contribution < -0.4 is 22.1 Å². The summed E-state index contributed by atoms with van der Waals surface area (Å²) >= 11 is 1.29. The summed E-state index contributed by atoms with van der Waals surface area (Å²) in [6, 6.07) is 3.55. The van der Waals surface area contributed by atoms with Crippen LogP contribution in [0.5, 0.6) is 0 Å². The second-order valence-corrected chi connectivity index (χ2v) is 6.12. The summed E-state index contributed by atoms with van der Waals surface area (Å²) in [7, 11) is 0. The number of aromatic nitrogens is 1. The lowest BCUT2D eigenvalue weighted by molar-refractivity contribution is -0.404. The van der Waals surface area contributed by atoms with Crippen LogP contribution in [0.3, 0.4) is 0 Å². The molecule has 6 N–H and O–H groups in total. The van der Waals surface area contributed by atoms with E-state index in [1.165, 1.54) is 11.3 Å². The maximum absolute atomic E-state index is 10.7. The molecular weight excluding hydrogens is 358 g/mol. The molecule has 0 aliphatic carbocycles. The maximum atomic E-state index is 10.7. The van der Waals surface area contributed by atoms with Gasteiger partial charge in [0.2, 0.25) is 5.13 Å². The molecule has 0 radical (unpaired) electrons. The number of furan rings is 1. The number of unbranched alkanes of at least 4 members (excludes halogenated alkanes) is 1. The number of nitro groups is 1. The van der Waals surface area contributed by atoms with Gasteiger partial charge in [-0.05, 0) is 18.6 Å². The number of hydrogen-bond acceptors (Lipinski definition) is 8. The van der Waals surface area contributed by atoms with Gasteiger partial charge in [0.15, 0.2) is 17.5 Å². The standard InChI is InChI=1S/C15H21N7O3S/c1-2-3-6-18-13(8-22(23)24)19-7-10-4-5-12(25-10)11-9-26-15(20-11)21-14(16)17/h4-5,8-9,18-19H,2-3,6-7H2,1H3,(H4,16,17,20,21)/b13-8-. The number of aliphatic imine (C=N–C) groups is 1. The van der Waals surface area contributed by atoms with E-state index >= 15 is 0 Å². The third-order valence-electron chi connectivity index (χ3n) is 3.16. The Morgan fingerprint density at radius 2 is 2.27 bits per heavy atom. The topological polar surface area (TPSA) is 158 Å². The number of nitrogens with one attached hydrogen (secondary N) is 2. The van der Waals surface area contributed by atoms with Crippen LogP contribution >= 0.6 is 11.3 Å². The van der Waals surface area contributed by atoms with Crippen LogP contribution in [-0.2, 0) is 6.54 Å². The highest BCUT2D eigenvalue weighted by Crippen LogP contribution is 2.27. The molecule has 0 saturated carbocycles. The summed E-state index contributed by atoms with van der Waals surface area (Å²) < 4.78 is 5.71. The van der Waals surface area contributed by atoms with E-state index in [0.29, 0.717) is 41.3 Å². The predicted octanol–water partition coefficient (Wildman–Crippen LogP) is 1.86. The fraction of sp³-hybridized carbons (Fsp3) is 0.333. The van der Waals surface area contributed by atoms with E-state index in [2.05, 4.69) is 20.6 Å². The number of hydrogen-bond donors (Lipinski definition) is 4. The lowest BCUT2D eigenvalue weighted by Gasteiger charge is -2.09. The van der Waals surface area contributed by atoms with Crippen molar-refractivity contribution in [1.29, 1.82) is 0 Å². The van der Waals surface area contributed by atoms with Crippen LogP contribution in [0.25, 0.3) is 11.5 Å². The van der Waals surface area contributed by atoms with Gasteiger partial charge < -0.3 is 26.5 Å². The van der Waals surface area contributed by atoms with Crippen molar-refractivity contribution in [3.05, 3.63) is 45.4 Å². The first kappa shape index (κ1) is 19.2. The number of nitrogens with two attached hydrogens (primary N) is 2. The normalized spacial score (nSPS) is 11.2. The first-order valence-electron chi connectivity index (χ1n) is 7.95. The average molecular weight is 379 g/mol. The van der Waals surface area contributed by atoms with Gasteiger partial charge in [0, 0.05) is 11.9 Å². The fourth-order valence-electron chi connectivity index (χ4n) is 1.99. The summed E-state index contributed by atoms with van der Waals surface area (Å²) in [6.07, 6.45) is 2.82. The van der Waals surface area contributed by atoms with Crippen LogP contribution in [0.1, 0.15) is 25.5 Å². The molecule has 10 nitrogen and oxygen atoms in total. The third-order valence-corrected chi connectivity index (χ3v) is 3.90. The molecule has 26 heavy (non-hydrogen) atoms. The Labute approximate surface area is 154 Å². The van der Waals surface area contributed by atoms with E-state index in [4.69, 9.17) is 15.9 Å². The molecule has 2 heterocycles. The molecule has 0 aliphatic rings. The Balaban J connectivity index is 1.99. The Hall–Kier alpha value is -3.08. The number of nitrogens with zero attached hydrogens (tertiary/aromatic N) is 3. The molecule has 0 fully saturated rings. The van der Waals surface area contributed by atoms with Gasteiger partial charge in [-0.1, -0.05) is 13.3 Å². The molecule has 0 bridgehead atoms. The molecule has 2 aromatic rings. The molecule has 0 amide bonds. The highest BCUT2D eigenvalue weighted by atomic mass is 32.1. The largest absolute Gasteiger partial charge is 0.458 e. The van der Waals surface area contributed by atoms with Gasteiger partial charge in [0.05, 0.1) is 11.5 Å². The maximum Gasteiger partial charge on any atom is 0.274 e. The quantitative estimate of drug-likeness (QED) is 0.160. The summed E-state index contributed by atoms with van der Waals surface area (Å²) in [5.41, 5.74) is 11.3. The average Bonchev–Trinajstić information content (AvgIpc) is 3.20. The molecule has 0 aliphatic heterocycles. The van der Waals surface area contributed by atoms with E-state index in [1.54, 1.807) is 17.5 Å². The van der Waals surface area contributed by atoms with E-state index in [9.17, 15) is 10.1 Å². The van der Waals surface area contributed by atoms with Crippen molar-refractivity contribution in [3.63, 3.8) is 0 Å². The van der Waals surface area contributed by atoms with Crippen molar-refractivity contribution in [2.75, 3.05) is 6.54 Å². The highest BCUT2D eigenvalue weighted by molar-refractivity contribution is 7.13. The van der Waals surface area contributed by atoms with Crippen molar-refractivity contribution in [1.82, 2.24) is 15.6 Å². The number of thiazole rings is 1. The molecule has 140 valence electrons. The van der Waals surface area contributed by atoms with Crippen molar-refractivity contribution < 1.29 is 9.34 Å². The molecule has 0 aromatic carbocycles. The second-order valence-electron chi connectivity index (χ2n) is 5.28. The Bertz CT molecular complexity index is 793. The van der Waals surface area contributed by atoms with E-state index in [0.717, 1.165) is 19.0 Å². The molecule has 0 spiro atoms. The molecule has 2 rings (SSSR count). The molecule has 0 saturated heterocycles. The van der Waals surface area contributed by atoms with E-state index in [1.807, 2.05) is 6.92 Å². The first-order chi connectivity index (χ1) is 12.5. The fourth-order valence-corrected chi connectivity index (χ4v) is 2.69. The van der Waals surface area contributed by atoms with Gasteiger partial charge in [-0.2, -0.15) is 4.99 Å². The Morgan fingerprint density at radius 1 is 1.46 bits per heavy atom. The molecule has 2 aromatic heterocycles. The van der Waals surface area contributed by atoms with E-state index < -0.39 is 4.92 Å². The molecule has 0 unspecified atom stereocenters. The minimum absolute atomic E-state index is 0.0593. The van der Waals surface area contributed by atoms with Crippen LogP contribution in [0.4, 0.5) is 5.13 Å².